The van der Waals surface area contributed by atoms with Gasteiger partial charge < -0.3 is 15.0 Å². The summed E-state index contributed by atoms with van der Waals surface area (Å²) in [5, 5.41) is 3.18. The molecule has 1 atom stereocenters. The second-order valence-electron chi connectivity index (χ2n) is 8.92. The smallest absolute Gasteiger partial charge is 0.261 e. The average molecular weight is 437 g/mol. The SMILES string of the molecule is CC[C@@H](C(=O)NC1CCCC1)N(Cc1ccccc1C)C(=O)COc1ccc(C)cc1C. The molecule has 0 radical (unpaired) electrons. The van der Waals surface area contributed by atoms with E-state index in [1.807, 2.05) is 70.2 Å². The van der Waals surface area contributed by atoms with Crippen molar-refractivity contribution in [1.29, 1.82) is 0 Å². The number of carbonyl (C=O) groups excluding carboxylic acids is 2. The Bertz CT molecular complexity index is 934. The van der Waals surface area contributed by atoms with E-state index in [9.17, 15) is 9.59 Å². The fraction of sp³-hybridized carbons (Fsp3) is 0.481. The lowest BCUT2D eigenvalue weighted by Crippen LogP contribution is -2.52. The van der Waals surface area contributed by atoms with Gasteiger partial charge in [-0.25, -0.2) is 0 Å². The Morgan fingerprint density at radius 1 is 1.06 bits per heavy atom. The largest absolute Gasteiger partial charge is 0.483 e. The molecule has 2 aromatic carbocycles. The van der Waals surface area contributed by atoms with Crippen molar-refractivity contribution in [3.8, 4) is 5.75 Å². The molecule has 0 saturated heterocycles. The van der Waals surface area contributed by atoms with Gasteiger partial charge in [-0.05, 0) is 62.8 Å². The number of aryl methyl sites for hydroxylation is 3. The lowest BCUT2D eigenvalue weighted by atomic mass is 10.1. The van der Waals surface area contributed by atoms with E-state index in [0.29, 0.717) is 18.7 Å². The van der Waals surface area contributed by atoms with E-state index in [2.05, 4.69) is 5.32 Å². The molecule has 5 nitrogen and oxygen atoms in total. The van der Waals surface area contributed by atoms with Gasteiger partial charge in [-0.1, -0.05) is 61.7 Å². The van der Waals surface area contributed by atoms with Crippen molar-refractivity contribution in [3.63, 3.8) is 0 Å². The Morgan fingerprint density at radius 2 is 1.78 bits per heavy atom. The first-order valence-corrected chi connectivity index (χ1v) is 11.7. The Balaban J connectivity index is 1.78. The van der Waals surface area contributed by atoms with Crippen molar-refractivity contribution in [1.82, 2.24) is 10.2 Å². The third-order valence-electron chi connectivity index (χ3n) is 6.37. The molecule has 5 heteroatoms. The third-order valence-corrected chi connectivity index (χ3v) is 6.37. The summed E-state index contributed by atoms with van der Waals surface area (Å²) in [6.45, 7) is 8.29. The summed E-state index contributed by atoms with van der Waals surface area (Å²) >= 11 is 0. The molecular weight excluding hydrogens is 400 g/mol. The molecule has 0 aliphatic heterocycles. The van der Waals surface area contributed by atoms with E-state index in [1.54, 1.807) is 4.90 Å². The number of rotatable bonds is 9. The number of nitrogens with zero attached hydrogens (tertiary/aromatic N) is 1. The van der Waals surface area contributed by atoms with Crippen LogP contribution in [-0.4, -0.2) is 35.4 Å². The maximum atomic E-state index is 13.4. The number of carbonyl (C=O) groups is 2. The summed E-state index contributed by atoms with van der Waals surface area (Å²) in [7, 11) is 0. The minimum absolute atomic E-state index is 0.0622. The zero-order valence-corrected chi connectivity index (χ0v) is 19.8. The number of hydrogen-bond acceptors (Lipinski definition) is 3. The predicted octanol–water partition coefficient (Wildman–Crippen LogP) is 4.86. The molecule has 2 amide bonds. The highest BCUT2D eigenvalue weighted by atomic mass is 16.5. The Hall–Kier alpha value is -2.82. The van der Waals surface area contributed by atoms with Gasteiger partial charge in [0.25, 0.3) is 5.91 Å². The van der Waals surface area contributed by atoms with Gasteiger partial charge >= 0.3 is 0 Å². The lowest BCUT2D eigenvalue weighted by molar-refractivity contribution is -0.143. The van der Waals surface area contributed by atoms with Crippen molar-refractivity contribution in [3.05, 3.63) is 64.7 Å². The molecule has 0 aromatic heterocycles. The average Bonchev–Trinajstić information content (AvgIpc) is 3.27. The second-order valence-corrected chi connectivity index (χ2v) is 8.92. The van der Waals surface area contributed by atoms with E-state index in [0.717, 1.165) is 47.9 Å². The van der Waals surface area contributed by atoms with Gasteiger partial charge in [-0.2, -0.15) is 0 Å². The Morgan fingerprint density at radius 3 is 2.44 bits per heavy atom. The molecule has 3 rings (SSSR count). The van der Waals surface area contributed by atoms with Crippen LogP contribution >= 0.6 is 0 Å². The van der Waals surface area contributed by atoms with Gasteiger partial charge in [-0.15, -0.1) is 0 Å². The number of benzene rings is 2. The molecule has 2 aromatic rings. The van der Waals surface area contributed by atoms with Crippen LogP contribution in [0.4, 0.5) is 0 Å². The second kappa shape index (κ2) is 11.2. The molecule has 1 aliphatic carbocycles. The molecule has 0 heterocycles. The molecule has 1 fully saturated rings. The van der Waals surface area contributed by atoms with E-state index in [-0.39, 0.29) is 24.5 Å². The van der Waals surface area contributed by atoms with Crippen LogP contribution in [0.25, 0.3) is 0 Å². The standard InChI is InChI=1S/C27H36N2O3/c1-5-24(27(31)28-23-12-8-9-13-23)29(17-22-11-7-6-10-20(22)3)26(30)18-32-25-15-14-19(2)16-21(25)4/h6-7,10-11,14-16,23-24H,5,8-9,12-13,17-18H2,1-4H3,(H,28,31)/t24-/m0/s1. The fourth-order valence-electron chi connectivity index (χ4n) is 4.44. The normalized spacial score (nSPS) is 14.8. The minimum Gasteiger partial charge on any atom is -0.483 e. The van der Waals surface area contributed by atoms with Crippen molar-refractivity contribution >= 4 is 11.8 Å². The molecule has 1 saturated carbocycles. The first kappa shape index (κ1) is 23.8. The van der Waals surface area contributed by atoms with Gasteiger partial charge in [0.2, 0.25) is 5.91 Å². The lowest BCUT2D eigenvalue weighted by Gasteiger charge is -2.32. The topological polar surface area (TPSA) is 58.6 Å². The fourth-order valence-corrected chi connectivity index (χ4v) is 4.44. The highest BCUT2D eigenvalue weighted by Gasteiger charge is 2.31. The van der Waals surface area contributed by atoms with Crippen LogP contribution in [0.2, 0.25) is 0 Å². The van der Waals surface area contributed by atoms with Gasteiger partial charge in [0.1, 0.15) is 11.8 Å². The maximum absolute atomic E-state index is 13.4. The molecule has 0 spiro atoms. The van der Waals surface area contributed by atoms with Gasteiger partial charge in [0.15, 0.2) is 6.61 Å². The highest BCUT2D eigenvalue weighted by molar-refractivity contribution is 5.88. The summed E-state index contributed by atoms with van der Waals surface area (Å²) in [6.07, 6.45) is 4.89. The zero-order chi connectivity index (χ0) is 23.1. The molecule has 32 heavy (non-hydrogen) atoms. The summed E-state index contributed by atoms with van der Waals surface area (Å²) in [5.74, 6) is 0.456. The van der Waals surface area contributed by atoms with Gasteiger partial charge in [-0.3, -0.25) is 9.59 Å². The zero-order valence-electron chi connectivity index (χ0n) is 19.8. The van der Waals surface area contributed by atoms with Crippen LogP contribution in [0.15, 0.2) is 42.5 Å². The molecule has 172 valence electrons. The predicted molar refractivity (Wildman–Crippen MR) is 128 cm³/mol. The summed E-state index contributed by atoms with van der Waals surface area (Å²) in [6, 6.07) is 13.6. The third kappa shape index (κ3) is 6.12. The monoisotopic (exact) mass is 436 g/mol. The van der Waals surface area contributed by atoms with Crippen molar-refractivity contribution in [2.75, 3.05) is 6.61 Å². The van der Waals surface area contributed by atoms with Crippen LogP contribution in [-0.2, 0) is 16.1 Å². The molecule has 0 unspecified atom stereocenters. The van der Waals surface area contributed by atoms with Gasteiger partial charge in [0, 0.05) is 12.6 Å². The molecule has 0 bridgehead atoms. The van der Waals surface area contributed by atoms with Gasteiger partial charge in [0.05, 0.1) is 0 Å². The van der Waals surface area contributed by atoms with Crippen molar-refractivity contribution in [2.24, 2.45) is 0 Å². The van der Waals surface area contributed by atoms with E-state index in [1.165, 1.54) is 0 Å². The minimum atomic E-state index is -0.523. The number of amides is 2. The first-order chi connectivity index (χ1) is 15.4. The molecule has 1 aliphatic rings. The molecular formula is C27H36N2O3. The number of hydrogen-bond donors (Lipinski definition) is 1. The highest BCUT2D eigenvalue weighted by Crippen LogP contribution is 2.21. The number of nitrogens with one attached hydrogen (secondary N) is 1. The van der Waals surface area contributed by atoms with Crippen LogP contribution < -0.4 is 10.1 Å². The van der Waals surface area contributed by atoms with Crippen molar-refractivity contribution in [2.45, 2.75) is 78.4 Å². The van der Waals surface area contributed by atoms with E-state index in [4.69, 9.17) is 4.74 Å². The Kier molecular flexibility index (Phi) is 8.32. The van der Waals surface area contributed by atoms with Crippen LogP contribution in [0.3, 0.4) is 0 Å². The summed E-state index contributed by atoms with van der Waals surface area (Å²) in [4.78, 5) is 28.2. The Labute approximate surface area is 192 Å². The summed E-state index contributed by atoms with van der Waals surface area (Å²) < 4.78 is 5.89. The van der Waals surface area contributed by atoms with Crippen LogP contribution in [0.1, 0.15) is 61.3 Å². The van der Waals surface area contributed by atoms with Crippen molar-refractivity contribution < 1.29 is 14.3 Å². The quantitative estimate of drug-likeness (QED) is 0.611. The van der Waals surface area contributed by atoms with E-state index >= 15 is 0 Å². The van der Waals surface area contributed by atoms with Crippen LogP contribution in [0.5, 0.6) is 5.75 Å². The molecule has 1 N–H and O–H groups in total. The maximum Gasteiger partial charge on any atom is 0.261 e. The van der Waals surface area contributed by atoms with Crippen LogP contribution in [0, 0.1) is 20.8 Å². The van der Waals surface area contributed by atoms with E-state index < -0.39 is 6.04 Å². The summed E-state index contributed by atoms with van der Waals surface area (Å²) in [5.41, 5.74) is 4.29. The first-order valence-electron chi connectivity index (χ1n) is 11.7. The number of ether oxygens (including phenoxy) is 1.